The van der Waals surface area contributed by atoms with E-state index in [1.165, 1.54) is 37.7 Å². The lowest BCUT2D eigenvalue weighted by Crippen LogP contribution is -2.35. The van der Waals surface area contributed by atoms with Gasteiger partial charge in [0.1, 0.15) is 0 Å². The largest absolute Gasteiger partial charge is 0.341 e. The summed E-state index contributed by atoms with van der Waals surface area (Å²) in [6.45, 7) is 5.54. The number of halogens is 1. The van der Waals surface area contributed by atoms with Crippen LogP contribution in [0, 0.1) is 6.92 Å². The van der Waals surface area contributed by atoms with E-state index in [1.54, 1.807) is 0 Å². The number of aryl methyl sites for hydroxylation is 1. The molecule has 1 unspecified atom stereocenters. The zero-order valence-electron chi connectivity index (χ0n) is 15.0. The van der Waals surface area contributed by atoms with Crippen molar-refractivity contribution in [2.75, 3.05) is 18.4 Å². The number of hydrogen-bond donors (Lipinski definition) is 1. The summed E-state index contributed by atoms with van der Waals surface area (Å²) in [6.07, 6.45) is 6.31. The minimum Gasteiger partial charge on any atom is -0.341 e. The van der Waals surface area contributed by atoms with Gasteiger partial charge in [-0.05, 0) is 31.9 Å². The number of amidine groups is 1. The highest BCUT2D eigenvalue weighted by molar-refractivity contribution is 8.14. The van der Waals surface area contributed by atoms with Crippen molar-refractivity contribution in [3.63, 3.8) is 0 Å². The Labute approximate surface area is 161 Å². The Kier molecular flexibility index (Phi) is 7.63. The fourth-order valence-electron chi connectivity index (χ4n) is 3.30. The summed E-state index contributed by atoms with van der Waals surface area (Å²) in [5.41, 5.74) is 2.05. The Morgan fingerprint density at radius 3 is 2.60 bits per heavy atom. The van der Waals surface area contributed by atoms with Crippen LogP contribution in [0.5, 0.6) is 0 Å². The Balaban J connectivity index is 0.00000225. The minimum atomic E-state index is 0. The molecule has 1 N–H and O–H groups in total. The maximum Gasteiger partial charge on any atom is 0.243 e. The number of carbonyl (C=O) groups is 1. The van der Waals surface area contributed by atoms with Crippen LogP contribution in [-0.4, -0.2) is 40.4 Å². The van der Waals surface area contributed by atoms with E-state index in [2.05, 4.69) is 17.1 Å². The van der Waals surface area contributed by atoms with Gasteiger partial charge in [-0.25, -0.2) is 0 Å². The van der Waals surface area contributed by atoms with Crippen LogP contribution in [0.1, 0.15) is 44.6 Å². The number of nitrogens with one attached hydrogen (secondary N) is 1. The maximum absolute atomic E-state index is 12.4. The second-order valence-corrected chi connectivity index (χ2v) is 8.33. The van der Waals surface area contributed by atoms with Gasteiger partial charge in [-0.1, -0.05) is 55.6 Å². The summed E-state index contributed by atoms with van der Waals surface area (Å²) in [5, 5.41) is 4.55. The zero-order valence-corrected chi connectivity index (χ0v) is 16.7. The molecule has 138 valence electrons. The molecule has 0 radical (unpaired) electrons. The van der Waals surface area contributed by atoms with Gasteiger partial charge in [0, 0.05) is 17.5 Å². The second-order valence-electron chi connectivity index (χ2n) is 6.93. The third kappa shape index (κ3) is 5.93. The van der Waals surface area contributed by atoms with Gasteiger partial charge in [-0.2, -0.15) is 0 Å². The van der Waals surface area contributed by atoms with E-state index >= 15 is 0 Å². The highest BCUT2D eigenvalue weighted by Crippen LogP contribution is 2.28. The molecule has 2 aliphatic rings. The summed E-state index contributed by atoms with van der Waals surface area (Å²) in [7, 11) is 0. The number of amides is 1. The summed E-state index contributed by atoms with van der Waals surface area (Å²) in [4.78, 5) is 19.5. The molecular formula is C19H28ClN3OS. The lowest BCUT2D eigenvalue weighted by atomic mass is 9.96. The normalized spacial score (nSPS) is 22.7. The van der Waals surface area contributed by atoms with E-state index < -0.39 is 0 Å². The average molecular weight is 382 g/mol. The molecule has 0 aromatic heterocycles. The van der Waals surface area contributed by atoms with Crippen LogP contribution in [0.4, 0.5) is 5.69 Å². The Bertz CT molecular complexity index is 599. The molecule has 1 aromatic rings. The monoisotopic (exact) mass is 381 g/mol. The molecule has 1 aromatic carbocycles. The third-order valence-corrected chi connectivity index (χ3v) is 5.72. The van der Waals surface area contributed by atoms with Crippen LogP contribution in [0.25, 0.3) is 0 Å². The van der Waals surface area contributed by atoms with Gasteiger partial charge in [-0.3, -0.25) is 9.79 Å². The van der Waals surface area contributed by atoms with E-state index in [9.17, 15) is 4.79 Å². The Hall–Kier alpha value is -1.20. The first-order valence-corrected chi connectivity index (χ1v) is 9.84. The second kappa shape index (κ2) is 9.48. The van der Waals surface area contributed by atoms with Gasteiger partial charge in [0.05, 0.1) is 12.6 Å². The van der Waals surface area contributed by atoms with Crippen molar-refractivity contribution in [2.24, 2.45) is 4.99 Å². The van der Waals surface area contributed by atoms with Crippen LogP contribution in [-0.2, 0) is 4.79 Å². The van der Waals surface area contributed by atoms with Crippen LogP contribution < -0.4 is 5.32 Å². The predicted octanol–water partition coefficient (Wildman–Crippen LogP) is 4.48. The highest BCUT2D eigenvalue weighted by Gasteiger charge is 2.28. The number of aliphatic imine (C=N–C) groups is 1. The summed E-state index contributed by atoms with van der Waals surface area (Å²) in [5.74, 6) is 0.0323. The smallest absolute Gasteiger partial charge is 0.243 e. The van der Waals surface area contributed by atoms with Gasteiger partial charge < -0.3 is 10.2 Å². The molecule has 1 aliphatic carbocycles. The maximum atomic E-state index is 12.4. The first kappa shape index (κ1) is 20.1. The number of nitrogens with zero attached hydrogens (tertiary/aromatic N) is 2. The molecule has 2 fully saturated rings. The number of rotatable bonds is 4. The van der Waals surface area contributed by atoms with Crippen molar-refractivity contribution in [1.29, 1.82) is 0 Å². The van der Waals surface area contributed by atoms with Gasteiger partial charge in [-0.15, -0.1) is 12.4 Å². The number of carbonyl (C=O) groups excluding carboxylic acids is 1. The molecule has 1 saturated heterocycles. The molecule has 1 amide bonds. The SMILES string of the molecule is Cc1ccc(NC(=O)CN2CC(C)SC2=NC2CCCCC2)cc1.Cl. The summed E-state index contributed by atoms with van der Waals surface area (Å²) in [6, 6.07) is 8.38. The molecular weight excluding hydrogens is 354 g/mol. The molecule has 1 saturated carbocycles. The Morgan fingerprint density at radius 1 is 1.24 bits per heavy atom. The minimum absolute atomic E-state index is 0. The topological polar surface area (TPSA) is 44.7 Å². The van der Waals surface area contributed by atoms with Crippen molar-refractivity contribution in [3.8, 4) is 0 Å². The summed E-state index contributed by atoms with van der Waals surface area (Å²) >= 11 is 1.81. The van der Waals surface area contributed by atoms with Crippen molar-refractivity contribution in [2.45, 2.75) is 57.2 Å². The van der Waals surface area contributed by atoms with E-state index in [0.717, 1.165) is 17.4 Å². The number of benzene rings is 1. The molecule has 1 heterocycles. The zero-order chi connectivity index (χ0) is 16.9. The van der Waals surface area contributed by atoms with Gasteiger partial charge in [0.25, 0.3) is 0 Å². The Morgan fingerprint density at radius 2 is 1.92 bits per heavy atom. The lowest BCUT2D eigenvalue weighted by Gasteiger charge is -2.22. The van der Waals surface area contributed by atoms with Gasteiger partial charge in [0.2, 0.25) is 5.91 Å². The fraction of sp³-hybridized carbons (Fsp3) is 0.579. The molecule has 25 heavy (non-hydrogen) atoms. The van der Waals surface area contributed by atoms with Gasteiger partial charge in [0.15, 0.2) is 5.17 Å². The predicted molar refractivity (Wildman–Crippen MR) is 110 cm³/mol. The van der Waals surface area contributed by atoms with E-state index in [0.29, 0.717) is 17.8 Å². The van der Waals surface area contributed by atoms with Crippen LogP contribution in [0.15, 0.2) is 29.3 Å². The highest BCUT2D eigenvalue weighted by atomic mass is 35.5. The number of anilines is 1. The van der Waals surface area contributed by atoms with E-state index in [-0.39, 0.29) is 18.3 Å². The van der Waals surface area contributed by atoms with Crippen LogP contribution in [0.3, 0.4) is 0 Å². The third-order valence-electron chi connectivity index (χ3n) is 4.59. The number of hydrogen-bond acceptors (Lipinski definition) is 3. The standard InChI is InChI=1S/C19H27N3OS.ClH/c1-14-8-10-17(11-9-14)20-18(23)13-22-12-15(2)24-19(22)21-16-6-4-3-5-7-16;/h8-11,15-16H,3-7,12-13H2,1-2H3,(H,20,23);1H. The van der Waals surface area contributed by atoms with E-state index in [4.69, 9.17) is 4.99 Å². The molecule has 1 atom stereocenters. The van der Waals surface area contributed by atoms with Crippen molar-refractivity contribution >= 4 is 40.9 Å². The quantitative estimate of drug-likeness (QED) is 0.836. The molecule has 3 rings (SSSR count). The van der Waals surface area contributed by atoms with Crippen molar-refractivity contribution in [1.82, 2.24) is 4.90 Å². The molecule has 1 aliphatic heterocycles. The van der Waals surface area contributed by atoms with E-state index in [1.807, 2.05) is 43.0 Å². The molecule has 0 spiro atoms. The number of thioether (sulfide) groups is 1. The molecule has 0 bridgehead atoms. The van der Waals surface area contributed by atoms with Gasteiger partial charge >= 0.3 is 0 Å². The first-order valence-electron chi connectivity index (χ1n) is 8.96. The lowest BCUT2D eigenvalue weighted by molar-refractivity contribution is -0.116. The first-order chi connectivity index (χ1) is 11.6. The molecule has 4 nitrogen and oxygen atoms in total. The average Bonchev–Trinajstić information content (AvgIpc) is 2.89. The summed E-state index contributed by atoms with van der Waals surface area (Å²) < 4.78 is 0. The fourth-order valence-corrected chi connectivity index (χ4v) is 4.41. The van der Waals surface area contributed by atoms with Crippen molar-refractivity contribution < 1.29 is 4.79 Å². The van der Waals surface area contributed by atoms with Crippen LogP contribution >= 0.6 is 24.2 Å². The molecule has 6 heteroatoms. The van der Waals surface area contributed by atoms with Crippen LogP contribution in [0.2, 0.25) is 0 Å². The van der Waals surface area contributed by atoms with Crippen molar-refractivity contribution in [3.05, 3.63) is 29.8 Å².